The molecular weight excluding hydrogens is 230 g/mol. The highest BCUT2D eigenvalue weighted by atomic mass is 32.1. The lowest BCUT2D eigenvalue weighted by Gasteiger charge is -2.15. The molecular formula is C9H13N3O3S. The number of hydrogen-bond acceptors (Lipinski definition) is 5. The van der Waals surface area contributed by atoms with Crippen LogP contribution < -0.4 is 5.32 Å². The second-order valence-electron chi connectivity index (χ2n) is 3.23. The maximum absolute atomic E-state index is 11.8. The van der Waals surface area contributed by atoms with Crippen LogP contribution in [0.1, 0.15) is 9.67 Å². The average Bonchev–Trinajstić information content (AvgIpc) is 2.74. The van der Waals surface area contributed by atoms with E-state index in [0.29, 0.717) is 18.0 Å². The summed E-state index contributed by atoms with van der Waals surface area (Å²) in [6.07, 6.45) is 0. The van der Waals surface area contributed by atoms with Crippen molar-refractivity contribution in [2.45, 2.75) is 0 Å². The van der Waals surface area contributed by atoms with Gasteiger partial charge in [-0.25, -0.2) is 0 Å². The van der Waals surface area contributed by atoms with E-state index in [1.807, 2.05) is 0 Å². The molecule has 0 fully saturated rings. The largest absolute Gasteiger partial charge is 0.340 e. The molecule has 6 nitrogen and oxygen atoms in total. The van der Waals surface area contributed by atoms with Gasteiger partial charge in [-0.05, 0) is 13.1 Å². The van der Waals surface area contributed by atoms with Crippen LogP contribution in [0.3, 0.4) is 0 Å². The first-order valence-corrected chi connectivity index (χ1v) is 5.52. The van der Waals surface area contributed by atoms with Crippen molar-refractivity contribution in [1.82, 2.24) is 10.2 Å². The third-order valence-electron chi connectivity index (χ3n) is 2.03. The van der Waals surface area contributed by atoms with Crippen LogP contribution in [0.15, 0.2) is 12.1 Å². The molecule has 0 aliphatic carbocycles. The fourth-order valence-corrected chi connectivity index (χ4v) is 1.93. The van der Waals surface area contributed by atoms with Crippen LogP contribution in [0, 0.1) is 10.1 Å². The molecule has 0 saturated heterocycles. The zero-order valence-electron chi connectivity index (χ0n) is 9.10. The summed E-state index contributed by atoms with van der Waals surface area (Å²) in [5.74, 6) is -0.187. The summed E-state index contributed by atoms with van der Waals surface area (Å²) in [4.78, 5) is 23.7. The molecule has 0 saturated carbocycles. The molecule has 1 N–H and O–H groups in total. The van der Waals surface area contributed by atoms with Crippen molar-refractivity contribution in [3.63, 3.8) is 0 Å². The predicted octanol–water partition coefficient (Wildman–Crippen LogP) is 0.948. The highest BCUT2D eigenvalue weighted by Crippen LogP contribution is 2.24. The number of amides is 1. The number of nitro groups is 1. The molecule has 0 radical (unpaired) electrons. The zero-order valence-corrected chi connectivity index (χ0v) is 9.91. The Morgan fingerprint density at radius 3 is 2.81 bits per heavy atom. The van der Waals surface area contributed by atoms with Gasteiger partial charge in [-0.1, -0.05) is 11.3 Å². The van der Waals surface area contributed by atoms with Crippen LogP contribution in [0.4, 0.5) is 5.00 Å². The molecule has 7 heteroatoms. The number of thiophene rings is 1. The fourth-order valence-electron chi connectivity index (χ4n) is 1.11. The lowest BCUT2D eigenvalue weighted by atomic mass is 10.4. The highest BCUT2D eigenvalue weighted by Gasteiger charge is 2.17. The maximum Gasteiger partial charge on any atom is 0.324 e. The van der Waals surface area contributed by atoms with Crippen LogP contribution >= 0.6 is 11.3 Å². The summed E-state index contributed by atoms with van der Waals surface area (Å²) in [7, 11) is 3.47. The normalized spacial score (nSPS) is 10.1. The Hall–Kier alpha value is -1.47. The van der Waals surface area contributed by atoms with E-state index >= 15 is 0 Å². The van der Waals surface area contributed by atoms with Crippen molar-refractivity contribution in [1.29, 1.82) is 0 Å². The van der Waals surface area contributed by atoms with Crippen molar-refractivity contribution >= 4 is 22.2 Å². The van der Waals surface area contributed by atoms with E-state index in [4.69, 9.17) is 0 Å². The van der Waals surface area contributed by atoms with Gasteiger partial charge in [-0.3, -0.25) is 14.9 Å². The first kappa shape index (κ1) is 12.6. The van der Waals surface area contributed by atoms with E-state index in [-0.39, 0.29) is 10.9 Å². The minimum Gasteiger partial charge on any atom is -0.340 e. The van der Waals surface area contributed by atoms with E-state index in [0.717, 1.165) is 11.3 Å². The number of carbonyl (C=O) groups is 1. The lowest BCUT2D eigenvalue weighted by molar-refractivity contribution is -0.380. The Balaban J connectivity index is 2.68. The third-order valence-corrected chi connectivity index (χ3v) is 3.05. The number of rotatable bonds is 5. The average molecular weight is 243 g/mol. The molecule has 88 valence electrons. The Morgan fingerprint density at radius 1 is 1.62 bits per heavy atom. The van der Waals surface area contributed by atoms with Gasteiger partial charge >= 0.3 is 5.00 Å². The van der Waals surface area contributed by atoms with Crippen LogP contribution in [0.2, 0.25) is 0 Å². The van der Waals surface area contributed by atoms with Gasteiger partial charge in [0.25, 0.3) is 5.91 Å². The van der Waals surface area contributed by atoms with Gasteiger partial charge in [0.05, 0.1) is 9.80 Å². The van der Waals surface area contributed by atoms with Gasteiger partial charge in [0, 0.05) is 26.2 Å². The summed E-state index contributed by atoms with van der Waals surface area (Å²) in [5.41, 5.74) is 0. The molecule has 1 rings (SSSR count). The van der Waals surface area contributed by atoms with Gasteiger partial charge in [-0.2, -0.15) is 0 Å². The second-order valence-corrected chi connectivity index (χ2v) is 4.29. The maximum atomic E-state index is 11.8. The SMILES string of the molecule is CNCCN(C)C(=O)c1ccc([N+](=O)[O-])s1. The Kier molecular flexibility index (Phi) is 4.39. The van der Waals surface area contributed by atoms with Crippen LogP contribution in [0.25, 0.3) is 0 Å². The number of likely N-dealkylation sites (N-methyl/N-ethyl adjacent to an activating group) is 2. The van der Waals surface area contributed by atoms with E-state index < -0.39 is 4.92 Å². The first-order chi connectivity index (χ1) is 7.56. The molecule has 0 bridgehead atoms. The van der Waals surface area contributed by atoms with E-state index in [2.05, 4.69) is 5.32 Å². The molecule has 0 aromatic carbocycles. The summed E-state index contributed by atoms with van der Waals surface area (Å²) in [6.45, 7) is 1.26. The highest BCUT2D eigenvalue weighted by molar-refractivity contribution is 7.17. The Morgan fingerprint density at radius 2 is 2.31 bits per heavy atom. The van der Waals surface area contributed by atoms with Gasteiger partial charge in [0.1, 0.15) is 0 Å². The molecule has 0 spiro atoms. The Labute approximate surface area is 97.0 Å². The van der Waals surface area contributed by atoms with Crippen molar-refractivity contribution < 1.29 is 9.72 Å². The number of carbonyl (C=O) groups excluding carboxylic acids is 1. The molecule has 1 amide bonds. The van der Waals surface area contributed by atoms with Gasteiger partial charge < -0.3 is 10.2 Å². The molecule has 0 unspecified atom stereocenters. The van der Waals surface area contributed by atoms with Crippen molar-refractivity contribution in [3.05, 3.63) is 27.1 Å². The fraction of sp³-hybridized carbons (Fsp3) is 0.444. The Bertz CT molecular complexity index is 391. The molecule has 1 aromatic heterocycles. The third kappa shape index (κ3) is 3.01. The summed E-state index contributed by atoms with van der Waals surface area (Å²) < 4.78 is 0. The summed E-state index contributed by atoms with van der Waals surface area (Å²) >= 11 is 0.900. The lowest BCUT2D eigenvalue weighted by Crippen LogP contribution is -2.32. The monoisotopic (exact) mass is 243 g/mol. The van der Waals surface area contributed by atoms with Crippen molar-refractivity contribution in [3.8, 4) is 0 Å². The standard InChI is InChI=1S/C9H13N3O3S/c1-10-5-6-11(2)9(13)7-3-4-8(16-7)12(14)15/h3-4,10H,5-6H2,1-2H3. The van der Waals surface area contributed by atoms with Crippen LogP contribution in [0.5, 0.6) is 0 Å². The van der Waals surface area contributed by atoms with Gasteiger partial charge in [0.2, 0.25) is 0 Å². The molecule has 0 aliphatic heterocycles. The summed E-state index contributed by atoms with van der Waals surface area (Å²) in [6, 6.07) is 2.84. The van der Waals surface area contributed by atoms with E-state index in [9.17, 15) is 14.9 Å². The number of nitrogens with zero attached hydrogens (tertiary/aromatic N) is 2. The second kappa shape index (κ2) is 5.57. The van der Waals surface area contributed by atoms with Gasteiger partial charge in [-0.15, -0.1) is 0 Å². The molecule has 0 atom stereocenters. The predicted molar refractivity (Wildman–Crippen MR) is 61.9 cm³/mol. The minimum absolute atomic E-state index is 0.00892. The van der Waals surface area contributed by atoms with Crippen molar-refractivity contribution in [2.75, 3.05) is 27.2 Å². The topological polar surface area (TPSA) is 75.5 Å². The smallest absolute Gasteiger partial charge is 0.324 e. The molecule has 16 heavy (non-hydrogen) atoms. The molecule has 1 heterocycles. The minimum atomic E-state index is -0.491. The van der Waals surface area contributed by atoms with Gasteiger partial charge in [0.15, 0.2) is 0 Å². The van der Waals surface area contributed by atoms with Crippen LogP contribution in [-0.4, -0.2) is 42.9 Å². The first-order valence-electron chi connectivity index (χ1n) is 4.70. The molecule has 0 aliphatic rings. The van der Waals surface area contributed by atoms with Crippen molar-refractivity contribution in [2.24, 2.45) is 0 Å². The zero-order chi connectivity index (χ0) is 12.1. The van der Waals surface area contributed by atoms with E-state index in [1.54, 1.807) is 14.1 Å². The van der Waals surface area contributed by atoms with E-state index in [1.165, 1.54) is 17.0 Å². The summed E-state index contributed by atoms with van der Waals surface area (Å²) in [5, 5.41) is 13.4. The number of nitrogens with one attached hydrogen (secondary N) is 1. The van der Waals surface area contributed by atoms with Crippen LogP contribution in [-0.2, 0) is 0 Å². The quantitative estimate of drug-likeness (QED) is 0.617. The number of hydrogen-bond donors (Lipinski definition) is 1. The molecule has 1 aromatic rings.